The number of hydrogen-bond donors (Lipinski definition) is 2. The van der Waals surface area contributed by atoms with Crippen LogP contribution in [0.15, 0.2) is 41.0 Å². The Hall–Kier alpha value is -2.08. The fourth-order valence-electron chi connectivity index (χ4n) is 1.78. The number of carboxylic acids is 1. The maximum Gasteiger partial charge on any atom is 0.356 e. The maximum absolute atomic E-state index is 10.8. The van der Waals surface area contributed by atoms with Gasteiger partial charge >= 0.3 is 5.97 Å². The van der Waals surface area contributed by atoms with Crippen LogP contribution in [0.2, 0.25) is 0 Å². The number of halogens is 1. The van der Waals surface area contributed by atoms with E-state index < -0.39 is 5.97 Å². The van der Waals surface area contributed by atoms with Crippen molar-refractivity contribution in [2.24, 2.45) is 0 Å². The zero-order chi connectivity index (χ0) is 12.7. The molecule has 0 aliphatic carbocycles. The first kappa shape index (κ1) is 11.0. The fourth-order valence-corrected chi connectivity index (χ4v) is 2.18. The smallest absolute Gasteiger partial charge is 0.356 e. The molecule has 0 atom stereocenters. The Kier molecular flexibility index (Phi) is 2.45. The van der Waals surface area contributed by atoms with Crippen LogP contribution in [0.1, 0.15) is 10.5 Å². The van der Waals surface area contributed by atoms with Crippen molar-refractivity contribution in [3.63, 3.8) is 0 Å². The molecule has 6 heteroatoms. The zero-order valence-corrected chi connectivity index (χ0v) is 10.7. The van der Waals surface area contributed by atoms with Gasteiger partial charge in [0.15, 0.2) is 11.3 Å². The molecule has 0 aliphatic rings. The van der Waals surface area contributed by atoms with Crippen LogP contribution in [0.5, 0.6) is 0 Å². The number of H-pyrrole nitrogens is 1. The van der Waals surface area contributed by atoms with Gasteiger partial charge in [0, 0.05) is 16.1 Å². The van der Waals surface area contributed by atoms with Gasteiger partial charge < -0.3 is 5.11 Å². The number of nitrogens with zero attached hydrogens (tertiary/aromatic N) is 2. The highest BCUT2D eigenvalue weighted by Crippen LogP contribution is 2.22. The molecule has 18 heavy (non-hydrogen) atoms. The Morgan fingerprint density at radius 2 is 2.22 bits per heavy atom. The van der Waals surface area contributed by atoms with Crippen molar-refractivity contribution in [1.82, 2.24) is 14.6 Å². The van der Waals surface area contributed by atoms with Gasteiger partial charge in [0.05, 0.1) is 11.9 Å². The summed E-state index contributed by atoms with van der Waals surface area (Å²) >= 11 is 3.41. The van der Waals surface area contributed by atoms with Crippen molar-refractivity contribution in [3.05, 3.63) is 46.7 Å². The monoisotopic (exact) mass is 305 g/mol. The molecule has 1 aromatic carbocycles. The Morgan fingerprint density at radius 1 is 1.39 bits per heavy atom. The van der Waals surface area contributed by atoms with Gasteiger partial charge in [0.1, 0.15) is 0 Å². The minimum absolute atomic E-state index is 0.0297. The predicted molar refractivity (Wildman–Crippen MR) is 69.6 cm³/mol. The Morgan fingerprint density at radius 3 is 2.89 bits per heavy atom. The van der Waals surface area contributed by atoms with Crippen LogP contribution in [0.3, 0.4) is 0 Å². The number of nitrogens with one attached hydrogen (secondary N) is 1. The summed E-state index contributed by atoms with van der Waals surface area (Å²) in [5.41, 5.74) is 2.51. The van der Waals surface area contributed by atoms with E-state index in [1.807, 2.05) is 30.3 Å². The van der Waals surface area contributed by atoms with Gasteiger partial charge in [0.2, 0.25) is 0 Å². The number of carboxylic acid groups (broad SMARTS) is 1. The van der Waals surface area contributed by atoms with Crippen molar-refractivity contribution < 1.29 is 9.90 Å². The molecular weight excluding hydrogens is 298 g/mol. The molecule has 0 bridgehead atoms. The highest BCUT2D eigenvalue weighted by molar-refractivity contribution is 9.10. The second kappa shape index (κ2) is 3.99. The Labute approximate surface area is 110 Å². The summed E-state index contributed by atoms with van der Waals surface area (Å²) in [6.07, 6.45) is 1.46. The molecule has 90 valence electrons. The molecule has 0 saturated carbocycles. The molecule has 2 heterocycles. The second-order valence-corrected chi connectivity index (χ2v) is 4.76. The molecule has 0 aliphatic heterocycles. The number of imidazole rings is 1. The first-order chi connectivity index (χ1) is 8.63. The van der Waals surface area contributed by atoms with Crippen LogP contribution in [0, 0.1) is 0 Å². The summed E-state index contributed by atoms with van der Waals surface area (Å²) < 4.78 is 2.58. The van der Waals surface area contributed by atoms with Crippen LogP contribution in [0.25, 0.3) is 16.9 Å². The Bertz CT molecular complexity index is 713. The number of carbonyl (C=O) groups is 1. The van der Waals surface area contributed by atoms with Gasteiger partial charge in [-0.2, -0.15) is 0 Å². The van der Waals surface area contributed by atoms with Gasteiger partial charge in [-0.3, -0.25) is 5.10 Å². The number of benzene rings is 1. The quantitative estimate of drug-likeness (QED) is 0.765. The third-order valence-electron chi connectivity index (χ3n) is 2.60. The topological polar surface area (TPSA) is 70.4 Å². The lowest BCUT2D eigenvalue weighted by Crippen LogP contribution is -1.95. The summed E-state index contributed by atoms with van der Waals surface area (Å²) in [6.45, 7) is 0. The van der Waals surface area contributed by atoms with Crippen molar-refractivity contribution in [1.29, 1.82) is 0 Å². The number of aromatic nitrogens is 3. The fraction of sp³-hybridized carbons (Fsp3) is 0. The van der Waals surface area contributed by atoms with Gasteiger partial charge in [-0.25, -0.2) is 14.3 Å². The van der Waals surface area contributed by atoms with Crippen molar-refractivity contribution in [2.75, 3.05) is 0 Å². The maximum atomic E-state index is 10.8. The third kappa shape index (κ3) is 1.80. The lowest BCUT2D eigenvalue weighted by molar-refractivity contribution is 0.0691. The first-order valence-electron chi connectivity index (χ1n) is 5.21. The van der Waals surface area contributed by atoms with Crippen LogP contribution < -0.4 is 0 Å². The van der Waals surface area contributed by atoms with E-state index in [2.05, 4.69) is 26.0 Å². The standard InChI is InChI=1S/C12H8BrN3O2/c13-8-3-1-2-7(4-8)9-5-11-14-10(12(17)18)6-16(11)15-9/h1-6,15H,(H,17,18). The molecule has 2 N–H and O–H groups in total. The highest BCUT2D eigenvalue weighted by atomic mass is 79.9. The van der Waals surface area contributed by atoms with Crippen molar-refractivity contribution >= 4 is 27.5 Å². The van der Waals surface area contributed by atoms with Crippen LogP contribution in [-0.2, 0) is 0 Å². The summed E-state index contributed by atoms with van der Waals surface area (Å²) in [7, 11) is 0. The minimum atomic E-state index is -1.03. The second-order valence-electron chi connectivity index (χ2n) is 3.84. The summed E-state index contributed by atoms with van der Waals surface area (Å²) in [5, 5.41) is 11.9. The average Bonchev–Trinajstić information content (AvgIpc) is 2.86. The molecule has 0 saturated heterocycles. The molecule has 0 radical (unpaired) electrons. The van der Waals surface area contributed by atoms with E-state index in [9.17, 15) is 4.79 Å². The number of hydrogen-bond acceptors (Lipinski definition) is 2. The normalized spacial score (nSPS) is 10.9. The third-order valence-corrected chi connectivity index (χ3v) is 3.10. The van der Waals surface area contributed by atoms with E-state index in [4.69, 9.17) is 5.11 Å². The summed E-state index contributed by atoms with van der Waals surface area (Å²) in [4.78, 5) is 14.8. The molecule has 0 amide bonds. The molecule has 3 rings (SSSR count). The summed E-state index contributed by atoms with van der Waals surface area (Å²) in [6, 6.07) is 9.64. The lowest BCUT2D eigenvalue weighted by Gasteiger charge is -1.97. The van der Waals surface area contributed by atoms with Crippen LogP contribution in [0.4, 0.5) is 0 Å². The van der Waals surface area contributed by atoms with Gasteiger partial charge in [-0.15, -0.1) is 0 Å². The van der Waals surface area contributed by atoms with E-state index in [0.29, 0.717) is 5.65 Å². The number of aromatic carboxylic acids is 1. The van der Waals surface area contributed by atoms with E-state index in [1.165, 1.54) is 6.20 Å². The number of aromatic amines is 1. The molecule has 2 aromatic heterocycles. The van der Waals surface area contributed by atoms with Gasteiger partial charge in [0.25, 0.3) is 0 Å². The van der Waals surface area contributed by atoms with Gasteiger partial charge in [-0.05, 0) is 12.1 Å². The van der Waals surface area contributed by atoms with Gasteiger partial charge in [-0.1, -0.05) is 28.1 Å². The average molecular weight is 306 g/mol. The lowest BCUT2D eigenvalue weighted by atomic mass is 10.2. The number of rotatable bonds is 2. The number of fused-ring (bicyclic) bond motifs is 1. The Balaban J connectivity index is 2.09. The molecule has 0 spiro atoms. The van der Waals surface area contributed by atoms with E-state index in [1.54, 1.807) is 4.52 Å². The van der Waals surface area contributed by atoms with Crippen LogP contribution in [-0.4, -0.2) is 25.7 Å². The highest BCUT2D eigenvalue weighted by Gasteiger charge is 2.11. The molecule has 0 unspecified atom stereocenters. The van der Waals surface area contributed by atoms with E-state index >= 15 is 0 Å². The van der Waals surface area contributed by atoms with E-state index in [-0.39, 0.29) is 5.69 Å². The minimum Gasteiger partial charge on any atom is -0.476 e. The predicted octanol–water partition coefficient (Wildman–Crippen LogP) is 2.79. The van der Waals surface area contributed by atoms with Crippen molar-refractivity contribution in [2.45, 2.75) is 0 Å². The van der Waals surface area contributed by atoms with Crippen molar-refractivity contribution in [3.8, 4) is 11.3 Å². The SMILES string of the molecule is O=C(O)c1cn2[nH]c(-c3cccc(Br)c3)cc2n1. The molecule has 5 nitrogen and oxygen atoms in total. The molecule has 3 aromatic rings. The zero-order valence-electron chi connectivity index (χ0n) is 9.09. The largest absolute Gasteiger partial charge is 0.476 e. The molecular formula is C12H8BrN3O2. The molecule has 0 fully saturated rings. The summed E-state index contributed by atoms with van der Waals surface area (Å²) in [5.74, 6) is -1.03. The first-order valence-corrected chi connectivity index (χ1v) is 6.00. The van der Waals surface area contributed by atoms with E-state index in [0.717, 1.165) is 15.7 Å². The van der Waals surface area contributed by atoms with Crippen LogP contribution >= 0.6 is 15.9 Å².